The fraction of sp³-hybridized carbons (Fsp3) is 0. The van der Waals surface area contributed by atoms with Crippen molar-refractivity contribution in [3.05, 3.63) is 92.6 Å². The lowest BCUT2D eigenvalue weighted by atomic mass is 10.1. The summed E-state index contributed by atoms with van der Waals surface area (Å²) in [7, 11) is 0. The smallest absolute Gasteiger partial charge is 0.255 e. The van der Waals surface area contributed by atoms with Crippen LogP contribution in [0.4, 0.5) is 5.69 Å². The van der Waals surface area contributed by atoms with E-state index in [2.05, 4.69) is 21.2 Å². The Kier molecular flexibility index (Phi) is 5.58. The maximum atomic E-state index is 12.2. The third kappa shape index (κ3) is 4.75. The Labute approximate surface area is 158 Å². The summed E-state index contributed by atoms with van der Waals surface area (Å²) in [5, 5.41) is 4.73. The zero-order chi connectivity index (χ0) is 17.6. The monoisotopic (exact) mass is 411 g/mol. The molecule has 1 amide bonds. The maximum Gasteiger partial charge on any atom is 0.255 e. The number of halogens is 1. The first-order chi connectivity index (χ1) is 12.1. The van der Waals surface area contributed by atoms with Gasteiger partial charge in [-0.2, -0.15) is 0 Å². The number of amides is 1. The lowest BCUT2D eigenvalue weighted by Crippen LogP contribution is -2.11. The number of ketones is 1. The molecule has 0 unspecified atom stereocenters. The van der Waals surface area contributed by atoms with Crippen molar-refractivity contribution in [1.82, 2.24) is 0 Å². The molecule has 3 nitrogen and oxygen atoms in total. The highest BCUT2D eigenvalue weighted by atomic mass is 79.9. The van der Waals surface area contributed by atoms with E-state index in [4.69, 9.17) is 0 Å². The van der Waals surface area contributed by atoms with Gasteiger partial charge in [0.2, 0.25) is 0 Å². The van der Waals surface area contributed by atoms with Crippen LogP contribution in [0.5, 0.6) is 0 Å². The normalized spacial score (nSPS) is 10.8. The van der Waals surface area contributed by atoms with E-state index >= 15 is 0 Å². The van der Waals surface area contributed by atoms with Gasteiger partial charge in [-0.3, -0.25) is 9.59 Å². The lowest BCUT2D eigenvalue weighted by molar-refractivity contribution is 0.102. The van der Waals surface area contributed by atoms with Crippen molar-refractivity contribution in [2.24, 2.45) is 0 Å². The summed E-state index contributed by atoms with van der Waals surface area (Å²) in [6, 6.07) is 18.2. The maximum absolute atomic E-state index is 12.2. The van der Waals surface area contributed by atoms with Crippen molar-refractivity contribution in [1.29, 1.82) is 0 Å². The number of benzene rings is 2. The number of hydrogen-bond donors (Lipinski definition) is 1. The molecule has 5 heteroatoms. The van der Waals surface area contributed by atoms with Crippen LogP contribution < -0.4 is 5.32 Å². The van der Waals surface area contributed by atoms with Gasteiger partial charge in [-0.15, -0.1) is 11.3 Å². The van der Waals surface area contributed by atoms with E-state index in [9.17, 15) is 9.59 Å². The predicted molar refractivity (Wildman–Crippen MR) is 106 cm³/mol. The second-order valence-corrected chi connectivity index (χ2v) is 7.12. The van der Waals surface area contributed by atoms with Crippen molar-refractivity contribution in [3.8, 4) is 0 Å². The van der Waals surface area contributed by atoms with Crippen molar-refractivity contribution >= 4 is 50.7 Å². The highest BCUT2D eigenvalue weighted by molar-refractivity contribution is 9.10. The van der Waals surface area contributed by atoms with Crippen LogP contribution in [0, 0.1) is 0 Å². The summed E-state index contributed by atoms with van der Waals surface area (Å²) < 4.78 is 0.928. The molecule has 0 saturated heterocycles. The molecular formula is C20H14BrNO2S. The molecule has 0 atom stereocenters. The van der Waals surface area contributed by atoms with Crippen LogP contribution in [-0.4, -0.2) is 11.7 Å². The van der Waals surface area contributed by atoms with Gasteiger partial charge in [0.05, 0.1) is 4.88 Å². The Morgan fingerprint density at radius 1 is 0.960 bits per heavy atom. The standard InChI is InChI=1S/C20H14BrNO2S/c21-16-8-6-15(7-9-16)20(24)22-17-10-3-14(4-11-17)5-12-18(23)19-2-1-13-25-19/h1-13H,(H,22,24)/b12-5+. The van der Waals surface area contributed by atoms with Crippen LogP contribution in [0.15, 0.2) is 76.6 Å². The molecule has 3 aromatic rings. The van der Waals surface area contributed by atoms with Gasteiger partial charge in [-0.1, -0.05) is 40.2 Å². The molecule has 0 radical (unpaired) electrons. The number of carbonyl (C=O) groups is 2. The third-order valence-electron chi connectivity index (χ3n) is 3.47. The molecule has 1 aromatic heterocycles. The first kappa shape index (κ1) is 17.3. The van der Waals surface area contributed by atoms with E-state index in [-0.39, 0.29) is 11.7 Å². The summed E-state index contributed by atoms with van der Waals surface area (Å²) in [5.41, 5.74) is 2.19. The lowest BCUT2D eigenvalue weighted by Gasteiger charge is -2.05. The molecule has 2 aromatic carbocycles. The zero-order valence-electron chi connectivity index (χ0n) is 13.1. The molecule has 1 heterocycles. The fourth-order valence-electron chi connectivity index (χ4n) is 2.15. The summed E-state index contributed by atoms with van der Waals surface area (Å²) >= 11 is 4.77. The number of carbonyl (C=O) groups excluding carboxylic acids is 2. The second-order valence-electron chi connectivity index (χ2n) is 5.26. The first-order valence-corrected chi connectivity index (χ1v) is 9.22. The molecule has 0 aliphatic rings. The number of allylic oxidation sites excluding steroid dienone is 1. The van der Waals surface area contributed by atoms with Gasteiger partial charge in [0.15, 0.2) is 5.78 Å². The van der Waals surface area contributed by atoms with Gasteiger partial charge in [0.25, 0.3) is 5.91 Å². The van der Waals surface area contributed by atoms with Crippen molar-refractivity contribution < 1.29 is 9.59 Å². The molecular weight excluding hydrogens is 398 g/mol. The molecule has 0 aliphatic carbocycles. The van der Waals surface area contributed by atoms with Gasteiger partial charge in [0, 0.05) is 15.7 Å². The molecule has 25 heavy (non-hydrogen) atoms. The van der Waals surface area contributed by atoms with Crippen LogP contribution in [0.25, 0.3) is 6.08 Å². The van der Waals surface area contributed by atoms with Crippen molar-refractivity contribution in [3.63, 3.8) is 0 Å². The molecule has 124 valence electrons. The molecule has 0 fully saturated rings. The van der Waals surface area contributed by atoms with E-state index in [1.54, 1.807) is 30.4 Å². The summed E-state index contributed by atoms with van der Waals surface area (Å²) in [4.78, 5) is 24.8. The third-order valence-corrected chi connectivity index (χ3v) is 4.88. The van der Waals surface area contributed by atoms with Gasteiger partial charge in [-0.25, -0.2) is 0 Å². The molecule has 0 bridgehead atoms. The predicted octanol–water partition coefficient (Wildman–Crippen LogP) is 5.66. The fourth-order valence-corrected chi connectivity index (χ4v) is 3.06. The largest absolute Gasteiger partial charge is 0.322 e. The van der Waals surface area contributed by atoms with Crippen LogP contribution in [-0.2, 0) is 0 Å². The number of rotatable bonds is 5. The topological polar surface area (TPSA) is 46.2 Å². The van der Waals surface area contributed by atoms with E-state index in [0.717, 1.165) is 14.9 Å². The average Bonchev–Trinajstić information content (AvgIpc) is 3.16. The Balaban J connectivity index is 1.63. The van der Waals surface area contributed by atoms with Gasteiger partial charge >= 0.3 is 0 Å². The van der Waals surface area contributed by atoms with Crippen LogP contribution in [0.1, 0.15) is 25.6 Å². The zero-order valence-corrected chi connectivity index (χ0v) is 15.5. The van der Waals surface area contributed by atoms with Crippen LogP contribution in [0.2, 0.25) is 0 Å². The molecule has 1 N–H and O–H groups in total. The van der Waals surface area contributed by atoms with Gasteiger partial charge in [-0.05, 0) is 59.5 Å². The number of anilines is 1. The van der Waals surface area contributed by atoms with Crippen LogP contribution >= 0.6 is 27.3 Å². The van der Waals surface area contributed by atoms with Gasteiger partial charge in [0.1, 0.15) is 0 Å². The average molecular weight is 412 g/mol. The van der Waals surface area contributed by atoms with E-state index in [0.29, 0.717) is 11.3 Å². The highest BCUT2D eigenvalue weighted by Gasteiger charge is 2.06. The minimum absolute atomic E-state index is 0.0115. The number of thiophene rings is 1. The highest BCUT2D eigenvalue weighted by Crippen LogP contribution is 2.15. The Morgan fingerprint density at radius 3 is 2.32 bits per heavy atom. The van der Waals surface area contributed by atoms with Crippen molar-refractivity contribution in [2.75, 3.05) is 5.32 Å². The van der Waals surface area contributed by atoms with Crippen LogP contribution in [0.3, 0.4) is 0 Å². The molecule has 3 rings (SSSR count). The number of hydrogen-bond acceptors (Lipinski definition) is 3. The Morgan fingerprint density at radius 2 is 1.68 bits per heavy atom. The van der Waals surface area contributed by atoms with E-state index < -0.39 is 0 Å². The summed E-state index contributed by atoms with van der Waals surface area (Å²) in [6.07, 6.45) is 3.32. The minimum Gasteiger partial charge on any atom is -0.322 e. The molecule has 0 aliphatic heterocycles. The van der Waals surface area contributed by atoms with E-state index in [1.165, 1.54) is 11.3 Å². The van der Waals surface area contributed by atoms with E-state index in [1.807, 2.05) is 47.8 Å². The SMILES string of the molecule is O=C(Nc1ccc(/C=C/C(=O)c2cccs2)cc1)c1ccc(Br)cc1. The first-order valence-electron chi connectivity index (χ1n) is 7.55. The summed E-state index contributed by atoms with van der Waals surface area (Å²) in [6.45, 7) is 0. The molecule has 0 saturated carbocycles. The van der Waals surface area contributed by atoms with Crippen molar-refractivity contribution in [2.45, 2.75) is 0 Å². The number of nitrogens with one attached hydrogen (secondary N) is 1. The van der Waals surface area contributed by atoms with Gasteiger partial charge < -0.3 is 5.32 Å². The molecule has 0 spiro atoms. The Bertz CT molecular complexity index is 898. The minimum atomic E-state index is -0.163. The second kappa shape index (κ2) is 8.05. The Hall–Kier alpha value is -2.50. The summed E-state index contributed by atoms with van der Waals surface area (Å²) in [5.74, 6) is -0.175. The quantitative estimate of drug-likeness (QED) is 0.434.